The molecule has 1 saturated carbocycles. The van der Waals surface area contributed by atoms with Crippen LogP contribution in [0.1, 0.15) is 37.7 Å². The Labute approximate surface area is 146 Å². The number of hydrogen-bond donors (Lipinski definition) is 1. The van der Waals surface area contributed by atoms with Crippen molar-refractivity contribution in [2.24, 2.45) is 14.1 Å². The molecule has 1 aliphatic carbocycles. The predicted molar refractivity (Wildman–Crippen MR) is 96.8 cm³/mol. The van der Waals surface area contributed by atoms with Gasteiger partial charge in [-0.15, -0.1) is 0 Å². The fraction of sp³-hybridized carbons (Fsp3) is 0.421. The van der Waals surface area contributed by atoms with Crippen LogP contribution in [0.15, 0.2) is 28.6 Å². The molecule has 0 aliphatic heterocycles. The van der Waals surface area contributed by atoms with Gasteiger partial charge in [0.2, 0.25) is 0 Å². The molecule has 0 atom stereocenters. The van der Waals surface area contributed by atoms with Gasteiger partial charge in [0.1, 0.15) is 11.6 Å². The largest absolute Gasteiger partial charge is 0.349 e. The van der Waals surface area contributed by atoms with Gasteiger partial charge in [0.05, 0.1) is 11.0 Å². The monoisotopic (exact) mass is 338 g/mol. The van der Waals surface area contributed by atoms with E-state index in [9.17, 15) is 14.9 Å². The van der Waals surface area contributed by atoms with Crippen LogP contribution in [0.25, 0.3) is 17.1 Å². The van der Waals surface area contributed by atoms with Gasteiger partial charge in [-0.3, -0.25) is 13.9 Å². The van der Waals surface area contributed by atoms with Crippen LogP contribution in [-0.4, -0.2) is 21.1 Å². The number of imidazole rings is 1. The standard InChI is InChI=1S/C19H22N4O2/c1-22-16-9-8-13(11-17(16)23(2)19(22)25)10-14(12-20)18(24)21-15-6-4-3-5-7-15/h8-11,15H,3-7H2,1-2H3,(H,21,24). The van der Waals surface area contributed by atoms with E-state index in [4.69, 9.17) is 0 Å². The Morgan fingerprint density at radius 3 is 2.56 bits per heavy atom. The number of hydrogen-bond acceptors (Lipinski definition) is 3. The molecule has 1 aromatic heterocycles. The van der Waals surface area contributed by atoms with Crippen LogP contribution >= 0.6 is 0 Å². The highest BCUT2D eigenvalue weighted by Crippen LogP contribution is 2.19. The topological polar surface area (TPSA) is 79.8 Å². The summed E-state index contributed by atoms with van der Waals surface area (Å²) in [6, 6.07) is 7.62. The predicted octanol–water partition coefficient (Wildman–Crippen LogP) is 2.23. The van der Waals surface area contributed by atoms with Gasteiger partial charge in [0.25, 0.3) is 5.91 Å². The van der Waals surface area contributed by atoms with Crippen LogP contribution in [0.2, 0.25) is 0 Å². The first-order valence-corrected chi connectivity index (χ1v) is 8.59. The van der Waals surface area contributed by atoms with Crippen molar-refractivity contribution in [1.29, 1.82) is 5.26 Å². The van der Waals surface area contributed by atoms with Gasteiger partial charge in [-0.1, -0.05) is 25.3 Å². The maximum atomic E-state index is 12.4. The molecule has 1 aliphatic rings. The zero-order chi connectivity index (χ0) is 18.0. The third-order valence-electron chi connectivity index (χ3n) is 4.91. The molecule has 0 radical (unpaired) electrons. The van der Waals surface area contributed by atoms with E-state index in [0.29, 0.717) is 0 Å². The van der Waals surface area contributed by atoms with Gasteiger partial charge >= 0.3 is 5.69 Å². The molecular formula is C19H22N4O2. The summed E-state index contributed by atoms with van der Waals surface area (Å²) in [4.78, 5) is 24.4. The van der Waals surface area contributed by atoms with Crippen molar-refractivity contribution in [2.45, 2.75) is 38.1 Å². The fourth-order valence-corrected chi connectivity index (χ4v) is 3.44. The number of benzene rings is 1. The van der Waals surface area contributed by atoms with Crippen molar-refractivity contribution in [3.8, 4) is 6.07 Å². The summed E-state index contributed by atoms with van der Waals surface area (Å²) in [6.45, 7) is 0. The average Bonchev–Trinajstić information content (AvgIpc) is 2.84. The molecule has 0 spiro atoms. The number of nitriles is 1. The number of amides is 1. The Bertz CT molecular complexity index is 937. The fourth-order valence-electron chi connectivity index (χ4n) is 3.44. The minimum absolute atomic E-state index is 0.0888. The maximum Gasteiger partial charge on any atom is 0.328 e. The van der Waals surface area contributed by atoms with E-state index in [1.54, 1.807) is 29.3 Å². The first-order valence-electron chi connectivity index (χ1n) is 8.59. The number of aromatic nitrogens is 2. The molecular weight excluding hydrogens is 316 g/mol. The van der Waals surface area contributed by atoms with Crippen LogP contribution < -0.4 is 11.0 Å². The molecule has 25 heavy (non-hydrogen) atoms. The van der Waals surface area contributed by atoms with Crippen LogP contribution in [0.5, 0.6) is 0 Å². The number of carbonyl (C=O) groups is 1. The average molecular weight is 338 g/mol. The highest BCUT2D eigenvalue weighted by molar-refractivity contribution is 6.02. The lowest BCUT2D eigenvalue weighted by atomic mass is 9.95. The normalized spacial score (nSPS) is 16.0. The molecule has 1 fully saturated rings. The van der Waals surface area contributed by atoms with Crippen LogP contribution in [0.3, 0.4) is 0 Å². The number of fused-ring (bicyclic) bond motifs is 1. The molecule has 6 nitrogen and oxygen atoms in total. The summed E-state index contributed by atoms with van der Waals surface area (Å²) >= 11 is 0. The van der Waals surface area contributed by atoms with Crippen molar-refractivity contribution >= 4 is 23.0 Å². The molecule has 130 valence electrons. The van der Waals surface area contributed by atoms with Crippen molar-refractivity contribution in [3.63, 3.8) is 0 Å². The lowest BCUT2D eigenvalue weighted by molar-refractivity contribution is -0.117. The van der Waals surface area contributed by atoms with E-state index < -0.39 is 0 Å². The Morgan fingerprint density at radius 2 is 1.88 bits per heavy atom. The van der Waals surface area contributed by atoms with Gasteiger partial charge in [0.15, 0.2) is 0 Å². The summed E-state index contributed by atoms with van der Waals surface area (Å²) in [7, 11) is 3.43. The number of rotatable bonds is 3. The molecule has 0 saturated heterocycles. The quantitative estimate of drug-likeness (QED) is 0.688. The molecule has 3 rings (SSSR count). The van der Waals surface area contributed by atoms with Crippen molar-refractivity contribution in [3.05, 3.63) is 39.8 Å². The SMILES string of the molecule is Cn1c(=O)n(C)c2cc(C=C(C#N)C(=O)NC3CCCCC3)ccc21. The van der Waals surface area contributed by atoms with Gasteiger partial charge in [-0.05, 0) is 36.6 Å². The zero-order valence-corrected chi connectivity index (χ0v) is 14.6. The van der Waals surface area contributed by atoms with E-state index in [1.165, 1.54) is 6.42 Å². The molecule has 2 aromatic rings. The molecule has 1 aromatic carbocycles. The minimum atomic E-state index is -0.323. The van der Waals surface area contributed by atoms with Gasteiger partial charge in [-0.2, -0.15) is 5.26 Å². The van der Waals surface area contributed by atoms with Gasteiger partial charge in [0, 0.05) is 20.1 Å². The van der Waals surface area contributed by atoms with Crippen molar-refractivity contribution < 1.29 is 4.79 Å². The summed E-state index contributed by atoms with van der Waals surface area (Å²) < 4.78 is 3.13. The van der Waals surface area contributed by atoms with E-state index in [-0.39, 0.29) is 23.2 Å². The van der Waals surface area contributed by atoms with E-state index >= 15 is 0 Å². The van der Waals surface area contributed by atoms with E-state index in [1.807, 2.05) is 24.3 Å². The summed E-state index contributed by atoms with van der Waals surface area (Å²) in [5, 5.41) is 12.3. The highest BCUT2D eigenvalue weighted by atomic mass is 16.2. The Hall–Kier alpha value is -2.81. The Kier molecular flexibility index (Phi) is 4.75. The Balaban J connectivity index is 1.87. The van der Waals surface area contributed by atoms with Crippen molar-refractivity contribution in [2.75, 3.05) is 0 Å². The first kappa shape index (κ1) is 17.0. The van der Waals surface area contributed by atoms with Gasteiger partial charge < -0.3 is 5.32 Å². The third kappa shape index (κ3) is 3.36. The van der Waals surface area contributed by atoms with Gasteiger partial charge in [-0.25, -0.2) is 4.79 Å². The Morgan fingerprint density at radius 1 is 1.20 bits per heavy atom. The lowest BCUT2D eigenvalue weighted by Crippen LogP contribution is -2.36. The number of nitrogens with zero attached hydrogens (tertiary/aromatic N) is 3. The first-order chi connectivity index (χ1) is 12.0. The molecule has 1 heterocycles. The molecule has 6 heteroatoms. The van der Waals surface area contributed by atoms with E-state index in [2.05, 4.69) is 5.32 Å². The molecule has 1 N–H and O–H groups in total. The van der Waals surface area contributed by atoms with E-state index in [0.717, 1.165) is 42.3 Å². The van der Waals surface area contributed by atoms with Crippen LogP contribution in [0, 0.1) is 11.3 Å². The lowest BCUT2D eigenvalue weighted by Gasteiger charge is -2.22. The summed E-state index contributed by atoms with van der Waals surface area (Å²) in [6.07, 6.45) is 6.98. The second-order valence-electron chi connectivity index (χ2n) is 6.63. The summed E-state index contributed by atoms with van der Waals surface area (Å²) in [5.41, 5.74) is 2.29. The third-order valence-corrected chi connectivity index (χ3v) is 4.91. The second kappa shape index (κ2) is 6.98. The number of nitrogens with one attached hydrogen (secondary N) is 1. The number of carbonyl (C=O) groups excluding carboxylic acids is 1. The summed E-state index contributed by atoms with van der Waals surface area (Å²) in [5.74, 6) is -0.323. The van der Waals surface area contributed by atoms with Crippen LogP contribution in [0.4, 0.5) is 0 Å². The minimum Gasteiger partial charge on any atom is -0.349 e. The van der Waals surface area contributed by atoms with Crippen LogP contribution in [-0.2, 0) is 18.9 Å². The maximum absolute atomic E-state index is 12.4. The molecule has 0 bridgehead atoms. The smallest absolute Gasteiger partial charge is 0.328 e. The molecule has 0 unspecified atom stereocenters. The van der Waals surface area contributed by atoms with Crippen molar-refractivity contribution in [1.82, 2.24) is 14.5 Å². The second-order valence-corrected chi connectivity index (χ2v) is 6.63. The molecule has 1 amide bonds. The highest BCUT2D eigenvalue weighted by Gasteiger charge is 2.18. The zero-order valence-electron chi connectivity index (χ0n) is 14.6. The number of aryl methyl sites for hydroxylation is 2.